The van der Waals surface area contributed by atoms with Crippen LogP contribution >= 0.6 is 0 Å². The van der Waals surface area contributed by atoms with E-state index in [1.807, 2.05) is 20.8 Å². The molecule has 19 heavy (non-hydrogen) atoms. The molecule has 0 unspecified atom stereocenters. The molecule has 0 aliphatic heterocycles. The van der Waals surface area contributed by atoms with Crippen molar-refractivity contribution in [3.05, 3.63) is 0 Å². The Morgan fingerprint density at radius 3 is 1.53 bits per heavy atom. The third kappa shape index (κ3) is 9.79. The molecule has 0 aromatic rings. The highest BCUT2D eigenvalue weighted by Gasteiger charge is 2.39. The second-order valence-electron chi connectivity index (χ2n) is 4.60. The first-order valence-corrected chi connectivity index (χ1v) is 10.4. The van der Waals surface area contributed by atoms with Crippen molar-refractivity contribution in [2.24, 2.45) is 0 Å². The average molecular weight is 304 g/mol. The van der Waals surface area contributed by atoms with Gasteiger partial charge < -0.3 is 13.3 Å². The second-order valence-corrected chi connectivity index (χ2v) is 7.84. The molecule has 0 heterocycles. The fourth-order valence-electron chi connectivity index (χ4n) is 2.17. The largest absolute Gasteiger partial charge is 0.500 e. The predicted molar refractivity (Wildman–Crippen MR) is 83.7 cm³/mol. The third-order valence-electron chi connectivity index (χ3n) is 3.00. The SMILES string of the molecule is CCO[Si](CCCCCCCC[Si])(OCC)OCC. The van der Waals surface area contributed by atoms with Gasteiger partial charge in [-0.1, -0.05) is 38.1 Å². The topological polar surface area (TPSA) is 27.7 Å². The number of hydrogen-bond donors (Lipinski definition) is 0. The summed E-state index contributed by atoms with van der Waals surface area (Å²) in [5.41, 5.74) is 0. The van der Waals surface area contributed by atoms with Gasteiger partial charge in [0, 0.05) is 36.1 Å². The van der Waals surface area contributed by atoms with E-state index >= 15 is 0 Å². The van der Waals surface area contributed by atoms with E-state index in [0.29, 0.717) is 19.8 Å². The Labute approximate surface area is 124 Å². The predicted octanol–water partition coefficient (Wildman–Crippen LogP) is 3.96. The molecule has 0 aromatic carbocycles. The molecule has 0 bridgehead atoms. The maximum Gasteiger partial charge on any atom is 0.500 e. The van der Waals surface area contributed by atoms with Crippen molar-refractivity contribution in [1.82, 2.24) is 0 Å². The smallest absolute Gasteiger partial charge is 0.374 e. The van der Waals surface area contributed by atoms with Crippen LogP contribution in [0.5, 0.6) is 0 Å². The minimum atomic E-state index is -2.38. The lowest BCUT2D eigenvalue weighted by atomic mass is 10.1. The molecule has 3 nitrogen and oxygen atoms in total. The van der Waals surface area contributed by atoms with Crippen molar-refractivity contribution >= 4 is 19.0 Å². The number of rotatable bonds is 14. The van der Waals surface area contributed by atoms with Gasteiger partial charge in [-0.3, -0.25) is 0 Å². The lowest BCUT2D eigenvalue weighted by molar-refractivity contribution is 0.0706. The first kappa shape index (κ1) is 19.3. The van der Waals surface area contributed by atoms with Crippen LogP contribution in [0, 0.1) is 0 Å². The monoisotopic (exact) mass is 303 g/mol. The van der Waals surface area contributed by atoms with E-state index in [-0.39, 0.29) is 0 Å². The van der Waals surface area contributed by atoms with Gasteiger partial charge in [0.1, 0.15) is 0 Å². The Balaban J connectivity index is 3.89. The van der Waals surface area contributed by atoms with E-state index in [2.05, 4.69) is 10.2 Å². The molecule has 0 aliphatic carbocycles. The molecule has 5 heteroatoms. The molecule has 0 saturated heterocycles. The summed E-state index contributed by atoms with van der Waals surface area (Å²) in [5, 5.41) is 0. The number of unbranched alkanes of at least 4 members (excludes halogenated alkanes) is 5. The lowest BCUT2D eigenvalue weighted by Gasteiger charge is -2.28. The molecule has 0 atom stereocenters. The zero-order chi connectivity index (χ0) is 14.4. The third-order valence-corrected chi connectivity index (χ3v) is 6.51. The van der Waals surface area contributed by atoms with Gasteiger partial charge in [0.2, 0.25) is 0 Å². The first-order valence-electron chi connectivity index (χ1n) is 7.81. The van der Waals surface area contributed by atoms with Crippen molar-refractivity contribution in [2.75, 3.05) is 19.8 Å². The fourth-order valence-corrected chi connectivity index (χ4v) is 5.11. The van der Waals surface area contributed by atoms with Crippen LogP contribution in [0.15, 0.2) is 0 Å². The first-order chi connectivity index (χ1) is 9.24. The van der Waals surface area contributed by atoms with Gasteiger partial charge in [0.25, 0.3) is 0 Å². The molecular weight excluding hydrogens is 272 g/mol. The molecule has 0 rings (SSSR count). The molecule has 0 saturated carbocycles. The molecule has 113 valence electrons. The summed E-state index contributed by atoms with van der Waals surface area (Å²) in [7, 11) is 1.13. The normalized spacial score (nSPS) is 12.0. The van der Waals surface area contributed by atoms with Gasteiger partial charge in [-0.25, -0.2) is 0 Å². The minimum Gasteiger partial charge on any atom is -0.374 e. The van der Waals surface area contributed by atoms with Crippen molar-refractivity contribution in [3.8, 4) is 0 Å². The standard InChI is InChI=1S/C14H31O3Si2/c1-4-15-19(16-5-2,17-6-3)14-12-10-8-7-9-11-13-18/h4-14H2,1-3H3. The van der Waals surface area contributed by atoms with E-state index in [1.54, 1.807) is 0 Å². The van der Waals surface area contributed by atoms with E-state index in [1.165, 1.54) is 32.1 Å². The van der Waals surface area contributed by atoms with Crippen LogP contribution in [0.2, 0.25) is 12.1 Å². The minimum absolute atomic E-state index is 0.678. The molecule has 0 amide bonds. The zero-order valence-corrected chi connectivity index (χ0v) is 15.0. The Morgan fingerprint density at radius 2 is 1.11 bits per heavy atom. The van der Waals surface area contributed by atoms with Crippen molar-refractivity contribution in [3.63, 3.8) is 0 Å². The van der Waals surface area contributed by atoms with Gasteiger partial charge in [-0.05, 0) is 27.2 Å². The molecule has 3 radical (unpaired) electrons. The Hall–Kier alpha value is 0.314. The summed E-state index contributed by atoms with van der Waals surface area (Å²) in [6.45, 7) is 8.07. The molecule has 0 aromatic heterocycles. The van der Waals surface area contributed by atoms with Crippen LogP contribution in [0.1, 0.15) is 59.3 Å². The highest BCUT2D eigenvalue weighted by Crippen LogP contribution is 2.20. The summed E-state index contributed by atoms with van der Waals surface area (Å²) < 4.78 is 17.5. The number of hydrogen-bond acceptors (Lipinski definition) is 3. The summed E-state index contributed by atoms with van der Waals surface area (Å²) in [6.07, 6.45) is 7.66. The van der Waals surface area contributed by atoms with Crippen LogP contribution in [-0.4, -0.2) is 38.9 Å². The molecule has 0 aliphatic rings. The van der Waals surface area contributed by atoms with Gasteiger partial charge in [0.15, 0.2) is 0 Å². The Kier molecular flexibility index (Phi) is 13.5. The molecule has 0 N–H and O–H groups in total. The summed E-state index contributed by atoms with van der Waals surface area (Å²) in [4.78, 5) is 0. The molecule has 0 spiro atoms. The maximum atomic E-state index is 5.84. The van der Waals surface area contributed by atoms with Gasteiger partial charge in [0.05, 0.1) is 0 Å². The molecule has 0 fully saturated rings. The quantitative estimate of drug-likeness (QED) is 0.359. The fraction of sp³-hybridized carbons (Fsp3) is 1.00. The van der Waals surface area contributed by atoms with Crippen LogP contribution in [0.3, 0.4) is 0 Å². The average Bonchev–Trinajstić information content (AvgIpc) is 2.39. The van der Waals surface area contributed by atoms with Crippen LogP contribution in [-0.2, 0) is 13.3 Å². The van der Waals surface area contributed by atoms with Crippen molar-refractivity contribution in [1.29, 1.82) is 0 Å². The summed E-state index contributed by atoms with van der Waals surface area (Å²) in [6, 6.07) is 2.08. The Morgan fingerprint density at radius 1 is 0.684 bits per heavy atom. The summed E-state index contributed by atoms with van der Waals surface area (Å²) >= 11 is 0. The second kappa shape index (κ2) is 13.3. The highest BCUT2D eigenvalue weighted by molar-refractivity contribution is 6.60. The summed E-state index contributed by atoms with van der Waals surface area (Å²) in [5.74, 6) is 0. The van der Waals surface area contributed by atoms with Crippen molar-refractivity contribution < 1.29 is 13.3 Å². The lowest BCUT2D eigenvalue weighted by Crippen LogP contribution is -2.45. The van der Waals surface area contributed by atoms with Gasteiger partial charge in [-0.15, -0.1) is 0 Å². The van der Waals surface area contributed by atoms with Crippen LogP contribution in [0.25, 0.3) is 0 Å². The van der Waals surface area contributed by atoms with Gasteiger partial charge in [-0.2, -0.15) is 0 Å². The van der Waals surface area contributed by atoms with Crippen LogP contribution < -0.4 is 0 Å². The Bertz CT molecular complexity index is 175. The zero-order valence-electron chi connectivity index (χ0n) is 13.0. The van der Waals surface area contributed by atoms with Gasteiger partial charge >= 0.3 is 8.80 Å². The highest BCUT2D eigenvalue weighted by atomic mass is 28.4. The van der Waals surface area contributed by atoms with E-state index < -0.39 is 8.80 Å². The van der Waals surface area contributed by atoms with Crippen LogP contribution in [0.4, 0.5) is 0 Å². The van der Waals surface area contributed by atoms with E-state index in [4.69, 9.17) is 13.3 Å². The van der Waals surface area contributed by atoms with Crippen molar-refractivity contribution in [2.45, 2.75) is 71.4 Å². The van der Waals surface area contributed by atoms with E-state index in [9.17, 15) is 0 Å². The van der Waals surface area contributed by atoms with E-state index in [0.717, 1.165) is 18.5 Å². The molecular formula is C14H31O3Si2. The maximum absolute atomic E-state index is 5.84.